The van der Waals surface area contributed by atoms with Gasteiger partial charge in [-0.15, -0.1) is 0 Å². The molecular weight excluding hydrogens is 459 g/mol. The molecule has 4 heteroatoms. The monoisotopic (exact) mass is 515 g/mol. The Bertz CT molecular complexity index is 457. The van der Waals surface area contributed by atoms with E-state index in [2.05, 4.69) is 94.8 Å². The molecule has 0 aliphatic carbocycles. The standard InChI is InChI=1S/C14H30N.C13H26O2.Y/c1-11(8-9-14(4,5)6)13(3)12(2)10-15-7;1-8-9(2)11(7-13(4,5)6)15-12(14)10(8)3;/h8,11-13,15H,9-10H2,1-7H3;8-12,14H,7H2,1-6H3;/q-1;;/t11-,12?,13+;8-,9-,10?,11?,12-;/m10./s1. The third-order valence-corrected chi connectivity index (χ3v) is 7.18. The molecule has 1 saturated heterocycles. The largest absolute Gasteiger partial charge is 0.368 e. The van der Waals surface area contributed by atoms with Crippen LogP contribution in [0.5, 0.6) is 0 Å². The van der Waals surface area contributed by atoms with Gasteiger partial charge in [-0.05, 0) is 43.2 Å². The van der Waals surface area contributed by atoms with Crippen LogP contribution in [0.3, 0.4) is 0 Å². The fraction of sp³-hybridized carbons (Fsp3) is 0.963. The number of rotatable bonds is 7. The molecule has 1 aliphatic rings. The molecular formula is C27H56NO2Y-. The molecule has 2 N–H and O–H groups in total. The number of hydrogen-bond donors (Lipinski definition) is 2. The molecule has 3 nitrogen and oxygen atoms in total. The molecule has 3 unspecified atom stereocenters. The molecule has 0 spiro atoms. The summed E-state index contributed by atoms with van der Waals surface area (Å²) >= 11 is 0. The van der Waals surface area contributed by atoms with Crippen molar-refractivity contribution < 1.29 is 42.6 Å². The number of hydrogen-bond acceptors (Lipinski definition) is 3. The van der Waals surface area contributed by atoms with Crippen LogP contribution in [0.1, 0.15) is 95.9 Å². The molecule has 1 aliphatic heterocycles. The fourth-order valence-electron chi connectivity index (χ4n) is 4.12. The quantitative estimate of drug-likeness (QED) is 0.367. The Morgan fingerprint density at radius 3 is 1.84 bits per heavy atom. The van der Waals surface area contributed by atoms with Crippen LogP contribution in [-0.4, -0.2) is 31.1 Å². The Balaban J connectivity index is 0. The molecule has 1 radical (unpaired) electrons. The van der Waals surface area contributed by atoms with E-state index in [4.69, 9.17) is 4.74 Å². The molecule has 0 aromatic rings. The fourth-order valence-corrected chi connectivity index (χ4v) is 4.12. The molecule has 0 bridgehead atoms. The van der Waals surface area contributed by atoms with Crippen LogP contribution >= 0.6 is 0 Å². The van der Waals surface area contributed by atoms with Gasteiger partial charge in [-0.2, -0.15) is 12.3 Å². The Morgan fingerprint density at radius 1 is 0.903 bits per heavy atom. The Kier molecular flexibility index (Phi) is 16.6. The first-order valence-electron chi connectivity index (χ1n) is 12.3. The van der Waals surface area contributed by atoms with E-state index in [1.165, 1.54) is 6.42 Å². The molecule has 31 heavy (non-hydrogen) atoms. The number of ether oxygens (including phenoxy) is 1. The second kappa shape index (κ2) is 15.1. The summed E-state index contributed by atoms with van der Waals surface area (Å²) in [5.74, 6) is 3.54. The Morgan fingerprint density at radius 2 is 1.42 bits per heavy atom. The zero-order valence-electron chi connectivity index (χ0n) is 23.3. The minimum absolute atomic E-state index is 0. The van der Waals surface area contributed by atoms with E-state index in [0.717, 1.165) is 24.8 Å². The van der Waals surface area contributed by atoms with Crippen LogP contribution in [0.2, 0.25) is 0 Å². The molecule has 1 fully saturated rings. The van der Waals surface area contributed by atoms with Crippen molar-refractivity contribution in [3.8, 4) is 0 Å². The molecule has 0 saturated carbocycles. The summed E-state index contributed by atoms with van der Waals surface area (Å²) in [6.07, 6.45) is 4.35. The van der Waals surface area contributed by atoms with Crippen LogP contribution in [0.15, 0.2) is 0 Å². The van der Waals surface area contributed by atoms with E-state index in [1.54, 1.807) is 0 Å². The molecule has 1 rings (SSSR count). The van der Waals surface area contributed by atoms with Crippen molar-refractivity contribution in [1.29, 1.82) is 0 Å². The third-order valence-electron chi connectivity index (χ3n) is 7.18. The van der Waals surface area contributed by atoms with Crippen LogP contribution in [-0.2, 0) is 37.4 Å². The van der Waals surface area contributed by atoms with Gasteiger partial charge < -0.3 is 21.6 Å². The third kappa shape index (κ3) is 14.1. The van der Waals surface area contributed by atoms with Gasteiger partial charge in [0.1, 0.15) is 0 Å². The van der Waals surface area contributed by atoms with E-state index in [-0.39, 0.29) is 50.1 Å². The predicted octanol–water partition coefficient (Wildman–Crippen LogP) is 6.80. The molecule has 185 valence electrons. The van der Waals surface area contributed by atoms with E-state index in [0.29, 0.717) is 23.2 Å². The minimum Gasteiger partial charge on any atom is -0.368 e. The Hall–Kier alpha value is 0.984. The van der Waals surface area contributed by atoms with Gasteiger partial charge in [-0.3, -0.25) is 0 Å². The number of aliphatic hydroxyl groups is 1. The van der Waals surface area contributed by atoms with Gasteiger partial charge in [-0.25, -0.2) is 0 Å². The average Bonchev–Trinajstić information content (AvgIpc) is 2.60. The second-order valence-electron chi connectivity index (χ2n) is 12.7. The van der Waals surface area contributed by atoms with Crippen LogP contribution in [0, 0.1) is 52.8 Å². The van der Waals surface area contributed by atoms with Crippen molar-refractivity contribution in [1.82, 2.24) is 5.32 Å². The van der Waals surface area contributed by atoms with Gasteiger partial charge in [0.25, 0.3) is 0 Å². The first-order valence-corrected chi connectivity index (χ1v) is 12.3. The second-order valence-corrected chi connectivity index (χ2v) is 12.7. The van der Waals surface area contributed by atoms with E-state index < -0.39 is 6.29 Å². The summed E-state index contributed by atoms with van der Waals surface area (Å²) in [6, 6.07) is 0. The summed E-state index contributed by atoms with van der Waals surface area (Å²) in [5.41, 5.74) is 0.694. The van der Waals surface area contributed by atoms with Gasteiger partial charge in [-0.1, -0.05) is 94.4 Å². The minimum atomic E-state index is -0.580. The summed E-state index contributed by atoms with van der Waals surface area (Å²) in [7, 11) is 2.03. The first-order chi connectivity index (χ1) is 13.5. The maximum absolute atomic E-state index is 9.81. The van der Waals surface area contributed by atoms with Crippen molar-refractivity contribution in [2.75, 3.05) is 13.6 Å². The zero-order chi connectivity index (χ0) is 23.9. The van der Waals surface area contributed by atoms with Crippen LogP contribution in [0.25, 0.3) is 0 Å². The first kappa shape index (κ1) is 34.2. The maximum atomic E-state index is 9.81. The number of nitrogens with one attached hydrogen (secondary N) is 1. The number of aliphatic hydroxyl groups excluding tert-OH is 1. The average molecular weight is 516 g/mol. The van der Waals surface area contributed by atoms with Crippen LogP contribution in [0.4, 0.5) is 0 Å². The molecule has 8 atom stereocenters. The Labute approximate surface area is 221 Å². The van der Waals surface area contributed by atoms with Crippen molar-refractivity contribution >= 4 is 0 Å². The van der Waals surface area contributed by atoms with Gasteiger partial charge in [0.15, 0.2) is 6.29 Å². The smallest absolute Gasteiger partial charge is 0.157 e. The summed E-state index contributed by atoms with van der Waals surface area (Å²) in [5, 5.41) is 13.1. The van der Waals surface area contributed by atoms with Gasteiger partial charge in [0.05, 0.1) is 6.10 Å². The normalized spacial score (nSPS) is 29.8. The summed E-state index contributed by atoms with van der Waals surface area (Å²) in [4.78, 5) is 0. The predicted molar refractivity (Wildman–Crippen MR) is 132 cm³/mol. The van der Waals surface area contributed by atoms with Gasteiger partial charge in [0.2, 0.25) is 0 Å². The van der Waals surface area contributed by atoms with Crippen LogP contribution < -0.4 is 5.32 Å². The maximum Gasteiger partial charge on any atom is 0.157 e. The summed E-state index contributed by atoms with van der Waals surface area (Å²) < 4.78 is 5.71. The SMILES string of the molecule is CC1[C@@H](C)[C@H](C)C(CC(C)(C)C)O[C@@H]1O.CNCC(C)[C@@H](C)[C@H](C)[CH-]CC(C)(C)C.[Y]. The molecule has 0 amide bonds. The molecule has 0 aromatic heterocycles. The topological polar surface area (TPSA) is 41.5 Å². The van der Waals surface area contributed by atoms with E-state index >= 15 is 0 Å². The molecule has 1 heterocycles. The molecule has 0 aromatic carbocycles. The van der Waals surface area contributed by atoms with E-state index in [9.17, 15) is 5.11 Å². The van der Waals surface area contributed by atoms with Crippen molar-refractivity contribution in [2.45, 2.75) is 108 Å². The summed E-state index contributed by atoms with van der Waals surface area (Å²) in [6.45, 7) is 28.3. The van der Waals surface area contributed by atoms with Crippen molar-refractivity contribution in [3.05, 3.63) is 6.42 Å². The van der Waals surface area contributed by atoms with Gasteiger partial charge in [0, 0.05) is 38.6 Å². The van der Waals surface area contributed by atoms with Gasteiger partial charge >= 0.3 is 0 Å². The van der Waals surface area contributed by atoms with E-state index in [1.807, 2.05) is 7.05 Å². The zero-order valence-corrected chi connectivity index (χ0v) is 26.1. The van der Waals surface area contributed by atoms with Crippen molar-refractivity contribution in [2.24, 2.45) is 46.3 Å². The van der Waals surface area contributed by atoms with Crippen molar-refractivity contribution in [3.63, 3.8) is 0 Å².